The van der Waals surface area contributed by atoms with E-state index < -0.39 is 0 Å². The molecule has 0 atom stereocenters. The van der Waals surface area contributed by atoms with Gasteiger partial charge in [-0.15, -0.1) is 0 Å². The van der Waals surface area contributed by atoms with Crippen LogP contribution in [0.1, 0.15) is 38.6 Å². The van der Waals surface area contributed by atoms with E-state index in [-0.39, 0.29) is 11.5 Å². The monoisotopic (exact) mass is 417 g/mol. The number of rotatable bonds is 4. The van der Waals surface area contributed by atoms with Crippen molar-refractivity contribution in [2.75, 3.05) is 13.8 Å². The number of hydrogen-bond donors (Lipinski definition) is 0. The maximum Gasteiger partial charge on any atom is 0.232 e. The second-order valence-corrected chi connectivity index (χ2v) is 7.86. The number of allylic oxidation sites excluding steroid dienone is 1. The van der Waals surface area contributed by atoms with Crippen LogP contribution in [0.2, 0.25) is 0 Å². The van der Waals surface area contributed by atoms with Crippen LogP contribution in [-0.4, -0.2) is 24.5 Å². The topological polar surface area (TPSA) is 61.1 Å². The van der Waals surface area contributed by atoms with Crippen molar-refractivity contribution in [3.05, 3.63) is 82.0 Å². The lowest BCUT2D eigenvalue weighted by Crippen LogP contribution is -2.32. The van der Waals surface area contributed by atoms with E-state index in [1.54, 1.807) is 13.2 Å². The summed E-state index contributed by atoms with van der Waals surface area (Å²) in [6, 6.07) is 13.6. The Balaban J connectivity index is 1.39. The molecule has 0 spiro atoms. The second-order valence-electron chi connectivity index (χ2n) is 7.86. The van der Waals surface area contributed by atoms with E-state index in [4.69, 9.17) is 18.6 Å². The number of methoxy groups -OCH3 is 1. The van der Waals surface area contributed by atoms with Crippen LogP contribution in [0.5, 0.6) is 17.2 Å². The van der Waals surface area contributed by atoms with E-state index in [1.807, 2.05) is 56.3 Å². The Bertz CT molecular complexity index is 1190. The molecule has 31 heavy (non-hydrogen) atoms. The molecule has 5 rings (SSSR count). The number of Topliss-reactive ketones (excluding diaryl/α,β-unsaturated/α-hetero) is 1. The quantitative estimate of drug-likeness (QED) is 0.564. The Morgan fingerprint density at radius 3 is 2.61 bits per heavy atom. The van der Waals surface area contributed by atoms with Crippen molar-refractivity contribution < 1.29 is 23.4 Å². The molecule has 0 saturated heterocycles. The summed E-state index contributed by atoms with van der Waals surface area (Å²) in [5.74, 6) is 3.72. The predicted octanol–water partition coefficient (Wildman–Crippen LogP) is 4.87. The molecular formula is C25H23NO5. The van der Waals surface area contributed by atoms with Crippen molar-refractivity contribution >= 4 is 11.9 Å². The third kappa shape index (κ3) is 3.59. The number of aryl methyl sites for hydroxylation is 1. The van der Waals surface area contributed by atoms with E-state index in [0.29, 0.717) is 30.3 Å². The lowest BCUT2D eigenvalue weighted by molar-refractivity contribution is 0.0876. The molecule has 0 bridgehead atoms. The molecule has 0 aliphatic carbocycles. The van der Waals surface area contributed by atoms with Crippen molar-refractivity contribution in [2.24, 2.45) is 0 Å². The average molecular weight is 417 g/mol. The third-order valence-electron chi connectivity index (χ3n) is 5.60. The Labute approximate surface area is 180 Å². The Hall–Kier alpha value is -3.51. The van der Waals surface area contributed by atoms with Gasteiger partial charge in [0.25, 0.3) is 0 Å². The zero-order chi connectivity index (χ0) is 21.5. The molecule has 0 unspecified atom stereocenters. The first-order valence-corrected chi connectivity index (χ1v) is 10.2. The van der Waals surface area contributed by atoms with Crippen molar-refractivity contribution in [3.63, 3.8) is 0 Å². The molecule has 2 aliphatic heterocycles. The molecule has 1 aromatic heterocycles. The molecule has 0 fully saturated rings. The summed E-state index contributed by atoms with van der Waals surface area (Å²) in [5.41, 5.74) is 3.58. The summed E-state index contributed by atoms with van der Waals surface area (Å²) in [5, 5.41) is 0. The van der Waals surface area contributed by atoms with Gasteiger partial charge >= 0.3 is 0 Å². The summed E-state index contributed by atoms with van der Waals surface area (Å²) in [6.07, 6.45) is 1.64. The lowest BCUT2D eigenvalue weighted by atomic mass is 10.00. The van der Waals surface area contributed by atoms with Gasteiger partial charge in [-0.05, 0) is 49.7 Å². The first-order valence-electron chi connectivity index (χ1n) is 10.2. The minimum Gasteiger partial charge on any atom is -0.497 e. The van der Waals surface area contributed by atoms with E-state index in [9.17, 15) is 4.79 Å². The fourth-order valence-electron chi connectivity index (χ4n) is 4.05. The van der Waals surface area contributed by atoms with Gasteiger partial charge in [-0.25, -0.2) is 0 Å². The van der Waals surface area contributed by atoms with Gasteiger partial charge in [-0.2, -0.15) is 0 Å². The van der Waals surface area contributed by atoms with Crippen LogP contribution in [-0.2, 0) is 13.1 Å². The molecule has 2 aromatic carbocycles. The van der Waals surface area contributed by atoms with Crippen LogP contribution < -0.4 is 14.2 Å². The second kappa shape index (κ2) is 7.63. The first-order chi connectivity index (χ1) is 15.0. The summed E-state index contributed by atoms with van der Waals surface area (Å²) >= 11 is 0. The molecule has 158 valence electrons. The number of benzene rings is 2. The van der Waals surface area contributed by atoms with Crippen molar-refractivity contribution in [2.45, 2.75) is 26.9 Å². The highest BCUT2D eigenvalue weighted by molar-refractivity contribution is 6.15. The standard InChI is InChI=1S/C25H23NO5/c1-15-4-7-20(30-15)11-22-23(27)21-10-18-13-26(12-17-5-8-19(28-3)9-6-17)14-29-24(18)16(2)25(21)31-22/h4-11H,12-14H2,1-3H3/b22-11-. The van der Waals surface area contributed by atoms with Crippen molar-refractivity contribution in [1.82, 2.24) is 4.90 Å². The van der Waals surface area contributed by atoms with Crippen LogP contribution in [0.25, 0.3) is 6.08 Å². The molecule has 0 amide bonds. The van der Waals surface area contributed by atoms with Crippen LogP contribution in [0, 0.1) is 13.8 Å². The number of hydrogen-bond acceptors (Lipinski definition) is 6. The largest absolute Gasteiger partial charge is 0.497 e. The van der Waals surface area contributed by atoms with Crippen LogP contribution in [0.3, 0.4) is 0 Å². The van der Waals surface area contributed by atoms with Crippen LogP contribution in [0.4, 0.5) is 0 Å². The Morgan fingerprint density at radius 1 is 1.10 bits per heavy atom. The van der Waals surface area contributed by atoms with Crippen LogP contribution in [0.15, 0.2) is 52.6 Å². The van der Waals surface area contributed by atoms with E-state index in [0.717, 1.165) is 34.9 Å². The van der Waals surface area contributed by atoms with Gasteiger partial charge in [0, 0.05) is 30.3 Å². The molecule has 2 aliphatic rings. The molecule has 0 saturated carbocycles. The van der Waals surface area contributed by atoms with Crippen molar-refractivity contribution in [1.29, 1.82) is 0 Å². The number of furan rings is 1. The molecule has 6 nitrogen and oxygen atoms in total. The van der Waals surface area contributed by atoms with Gasteiger partial charge in [0.1, 0.15) is 35.5 Å². The zero-order valence-electron chi connectivity index (χ0n) is 17.7. The number of fused-ring (bicyclic) bond motifs is 2. The average Bonchev–Trinajstić information content (AvgIpc) is 3.32. The van der Waals surface area contributed by atoms with Gasteiger partial charge in [0.15, 0.2) is 5.76 Å². The van der Waals surface area contributed by atoms with E-state index >= 15 is 0 Å². The number of ether oxygens (including phenoxy) is 3. The highest BCUT2D eigenvalue weighted by Gasteiger charge is 2.33. The highest BCUT2D eigenvalue weighted by Crippen LogP contribution is 2.43. The van der Waals surface area contributed by atoms with Gasteiger partial charge in [0.05, 0.1) is 12.7 Å². The maximum atomic E-state index is 13.0. The maximum absolute atomic E-state index is 13.0. The number of nitrogens with zero attached hydrogens (tertiary/aromatic N) is 1. The molecular weight excluding hydrogens is 394 g/mol. The number of carbonyl (C=O) groups is 1. The lowest BCUT2D eigenvalue weighted by Gasteiger charge is -2.30. The SMILES string of the molecule is COc1ccc(CN2COc3c(cc4c(c3C)O/C(=C\c3ccc(C)o3)C4=O)C2)cc1. The summed E-state index contributed by atoms with van der Waals surface area (Å²) < 4.78 is 22.8. The minimum absolute atomic E-state index is 0.137. The van der Waals surface area contributed by atoms with E-state index in [1.165, 1.54) is 5.56 Å². The number of carbonyl (C=O) groups excluding carboxylic acids is 1. The van der Waals surface area contributed by atoms with Gasteiger partial charge < -0.3 is 18.6 Å². The predicted molar refractivity (Wildman–Crippen MR) is 115 cm³/mol. The zero-order valence-corrected chi connectivity index (χ0v) is 17.7. The van der Waals surface area contributed by atoms with E-state index in [2.05, 4.69) is 4.90 Å². The summed E-state index contributed by atoms with van der Waals surface area (Å²) in [7, 11) is 1.66. The molecule has 3 aromatic rings. The summed E-state index contributed by atoms with van der Waals surface area (Å²) in [4.78, 5) is 15.2. The van der Waals surface area contributed by atoms with Crippen LogP contribution >= 0.6 is 0 Å². The Morgan fingerprint density at radius 2 is 1.90 bits per heavy atom. The number of ketones is 1. The first kappa shape index (κ1) is 19.5. The van der Waals surface area contributed by atoms with Crippen molar-refractivity contribution in [3.8, 4) is 17.2 Å². The smallest absolute Gasteiger partial charge is 0.232 e. The fraction of sp³-hybridized carbons (Fsp3) is 0.240. The van der Waals surface area contributed by atoms with Gasteiger partial charge in [-0.1, -0.05) is 12.1 Å². The third-order valence-corrected chi connectivity index (χ3v) is 5.60. The normalized spacial score (nSPS) is 16.6. The molecule has 3 heterocycles. The fourth-order valence-corrected chi connectivity index (χ4v) is 4.05. The summed E-state index contributed by atoms with van der Waals surface area (Å²) in [6.45, 7) is 5.71. The highest BCUT2D eigenvalue weighted by atomic mass is 16.5. The minimum atomic E-state index is -0.137. The van der Waals surface area contributed by atoms with Gasteiger partial charge in [0.2, 0.25) is 5.78 Å². The molecule has 0 radical (unpaired) electrons. The molecule has 0 N–H and O–H groups in total. The molecule has 6 heteroatoms. The van der Waals surface area contributed by atoms with Gasteiger partial charge in [-0.3, -0.25) is 9.69 Å². The Kier molecular flexibility index (Phi) is 4.79.